The predicted molar refractivity (Wildman–Crippen MR) is 115 cm³/mol. The first kappa shape index (κ1) is 17.4. The number of Topliss-reactive ketones (excluding diaryl/α,β-unsaturated/α-hetero) is 2. The van der Waals surface area contributed by atoms with Crippen molar-refractivity contribution in [3.63, 3.8) is 0 Å². The molecule has 6 heteroatoms. The number of anilines is 1. The Labute approximate surface area is 181 Å². The van der Waals surface area contributed by atoms with Gasteiger partial charge in [0.1, 0.15) is 11.2 Å². The van der Waals surface area contributed by atoms with Gasteiger partial charge < -0.3 is 10.6 Å². The molecule has 0 bridgehead atoms. The molecule has 0 aromatic heterocycles. The molecule has 5 nitrogen and oxygen atoms in total. The van der Waals surface area contributed by atoms with Gasteiger partial charge in [-0.1, -0.05) is 48.5 Å². The largest absolute Gasteiger partial charge is 0.354 e. The van der Waals surface area contributed by atoms with Crippen molar-refractivity contribution in [1.29, 1.82) is 0 Å². The number of rotatable bonds is 0. The molecule has 152 valence electrons. The summed E-state index contributed by atoms with van der Waals surface area (Å²) in [4.78, 5) is 41.2. The van der Waals surface area contributed by atoms with Gasteiger partial charge in [0.15, 0.2) is 11.6 Å². The van der Waals surface area contributed by atoms with E-state index in [4.69, 9.17) is 0 Å². The van der Waals surface area contributed by atoms with Gasteiger partial charge in [-0.25, -0.2) is 4.39 Å². The lowest BCUT2D eigenvalue weighted by Gasteiger charge is -2.35. The summed E-state index contributed by atoms with van der Waals surface area (Å²) in [6, 6.07) is 18.1. The fourth-order valence-corrected chi connectivity index (χ4v) is 5.56. The van der Waals surface area contributed by atoms with Crippen molar-refractivity contribution in [2.75, 3.05) is 5.32 Å². The monoisotopic (exact) mass is 420 g/mol. The molecule has 1 amide bonds. The maximum atomic E-state index is 14.5. The van der Waals surface area contributed by atoms with Crippen molar-refractivity contribution in [3.05, 3.63) is 112 Å². The summed E-state index contributed by atoms with van der Waals surface area (Å²) < 4.78 is 14.5. The van der Waals surface area contributed by atoms with E-state index < -0.39 is 17.1 Å². The smallest absolute Gasteiger partial charge is 0.244 e. The normalized spacial score (nSPS) is 18.8. The molecule has 2 aliphatic heterocycles. The Morgan fingerprint density at radius 3 is 1.75 bits per heavy atom. The number of hydrogen-bond acceptors (Lipinski definition) is 4. The molecule has 7 rings (SSSR count). The Kier molecular flexibility index (Phi) is 2.97. The van der Waals surface area contributed by atoms with Gasteiger partial charge in [-0.05, 0) is 18.2 Å². The highest BCUT2D eigenvalue weighted by Crippen LogP contribution is 2.59. The molecule has 0 fully saturated rings. The number of amides is 1. The van der Waals surface area contributed by atoms with Crippen LogP contribution in [0.25, 0.3) is 11.4 Å². The molecule has 0 saturated carbocycles. The third kappa shape index (κ3) is 1.74. The minimum atomic E-state index is -1.74. The number of ketones is 2. The Balaban J connectivity index is 1.64. The molecule has 3 aromatic carbocycles. The Hall–Kier alpha value is -4.32. The summed E-state index contributed by atoms with van der Waals surface area (Å²) in [5.41, 5.74) is 2.46. The molecular weight excluding hydrogens is 407 g/mol. The Morgan fingerprint density at radius 2 is 1.19 bits per heavy atom. The zero-order valence-corrected chi connectivity index (χ0v) is 16.5. The summed E-state index contributed by atoms with van der Waals surface area (Å²) in [6.07, 6.45) is 0. The highest BCUT2D eigenvalue weighted by molar-refractivity contribution is 6.37. The Bertz CT molecular complexity index is 1470. The number of benzene rings is 3. The van der Waals surface area contributed by atoms with Crippen molar-refractivity contribution in [3.8, 4) is 0 Å². The maximum Gasteiger partial charge on any atom is 0.244 e. The second-order valence-corrected chi connectivity index (χ2v) is 8.27. The van der Waals surface area contributed by atoms with Gasteiger partial charge in [-0.3, -0.25) is 14.4 Å². The molecule has 1 spiro atoms. The lowest BCUT2D eigenvalue weighted by Crippen LogP contribution is -2.46. The molecule has 4 aliphatic rings. The van der Waals surface area contributed by atoms with Crippen molar-refractivity contribution in [2.24, 2.45) is 0 Å². The minimum absolute atomic E-state index is 0.167. The minimum Gasteiger partial charge on any atom is -0.354 e. The van der Waals surface area contributed by atoms with Crippen LogP contribution in [-0.2, 0) is 10.2 Å². The van der Waals surface area contributed by atoms with E-state index in [1.807, 2.05) is 24.3 Å². The third-order valence-electron chi connectivity index (χ3n) is 6.81. The van der Waals surface area contributed by atoms with E-state index in [0.29, 0.717) is 39.3 Å². The predicted octanol–water partition coefficient (Wildman–Crippen LogP) is 3.83. The second-order valence-electron chi connectivity index (χ2n) is 8.27. The van der Waals surface area contributed by atoms with Crippen LogP contribution in [0.3, 0.4) is 0 Å². The van der Waals surface area contributed by atoms with Gasteiger partial charge in [0, 0.05) is 44.7 Å². The molecule has 0 radical (unpaired) electrons. The summed E-state index contributed by atoms with van der Waals surface area (Å²) in [5.74, 6) is -1.76. The SMILES string of the molecule is O=C1C2=C(NC3=C(C(=O)c4ccccc43)C23C(=O)Nc2ccc(F)cc23)c2ccccc21. The summed E-state index contributed by atoms with van der Waals surface area (Å²) >= 11 is 0. The van der Waals surface area contributed by atoms with Gasteiger partial charge in [-0.15, -0.1) is 0 Å². The van der Waals surface area contributed by atoms with Crippen molar-refractivity contribution < 1.29 is 18.8 Å². The van der Waals surface area contributed by atoms with E-state index in [9.17, 15) is 18.8 Å². The van der Waals surface area contributed by atoms with Gasteiger partial charge >= 0.3 is 0 Å². The van der Waals surface area contributed by atoms with Gasteiger partial charge in [-0.2, -0.15) is 0 Å². The number of fused-ring (bicyclic) bond motifs is 8. The molecule has 2 heterocycles. The van der Waals surface area contributed by atoms with Crippen LogP contribution >= 0.6 is 0 Å². The van der Waals surface area contributed by atoms with E-state index in [0.717, 1.165) is 0 Å². The van der Waals surface area contributed by atoms with Gasteiger partial charge in [0.25, 0.3) is 0 Å². The first-order chi connectivity index (χ1) is 15.5. The summed E-state index contributed by atoms with van der Waals surface area (Å²) in [6.45, 7) is 0. The third-order valence-corrected chi connectivity index (χ3v) is 6.81. The number of halogens is 1. The van der Waals surface area contributed by atoms with Crippen molar-refractivity contribution in [2.45, 2.75) is 5.41 Å². The van der Waals surface area contributed by atoms with E-state index in [1.54, 1.807) is 24.3 Å². The van der Waals surface area contributed by atoms with Crippen LogP contribution < -0.4 is 10.6 Å². The van der Waals surface area contributed by atoms with Crippen molar-refractivity contribution in [1.82, 2.24) is 5.32 Å². The molecule has 32 heavy (non-hydrogen) atoms. The Morgan fingerprint density at radius 1 is 0.656 bits per heavy atom. The average molecular weight is 420 g/mol. The molecule has 3 aromatic rings. The van der Waals surface area contributed by atoms with Crippen LogP contribution in [-0.4, -0.2) is 17.5 Å². The van der Waals surface area contributed by atoms with E-state index in [-0.39, 0.29) is 28.3 Å². The fourth-order valence-electron chi connectivity index (χ4n) is 5.56. The lowest BCUT2D eigenvalue weighted by molar-refractivity contribution is -0.118. The van der Waals surface area contributed by atoms with E-state index >= 15 is 0 Å². The summed E-state index contributed by atoms with van der Waals surface area (Å²) in [5, 5.41) is 6.11. The number of carbonyl (C=O) groups is 3. The maximum absolute atomic E-state index is 14.5. The van der Waals surface area contributed by atoms with E-state index in [2.05, 4.69) is 10.6 Å². The number of carbonyl (C=O) groups excluding carboxylic acids is 3. The van der Waals surface area contributed by atoms with E-state index in [1.165, 1.54) is 18.2 Å². The van der Waals surface area contributed by atoms with Gasteiger partial charge in [0.05, 0.1) is 11.4 Å². The van der Waals surface area contributed by atoms with Crippen LogP contribution in [0.15, 0.2) is 77.9 Å². The molecule has 0 atom stereocenters. The highest BCUT2D eigenvalue weighted by Gasteiger charge is 2.63. The first-order valence-corrected chi connectivity index (χ1v) is 10.2. The lowest BCUT2D eigenvalue weighted by atomic mass is 9.65. The molecule has 2 N–H and O–H groups in total. The highest BCUT2D eigenvalue weighted by atomic mass is 19.1. The zero-order chi connectivity index (χ0) is 21.8. The first-order valence-electron chi connectivity index (χ1n) is 10.2. The van der Waals surface area contributed by atoms with Crippen LogP contribution in [0.4, 0.5) is 10.1 Å². The molecule has 2 aliphatic carbocycles. The van der Waals surface area contributed by atoms with Gasteiger partial charge in [0.2, 0.25) is 5.91 Å². The quantitative estimate of drug-likeness (QED) is 0.580. The molecule has 0 unspecified atom stereocenters. The molecule has 0 saturated heterocycles. The number of hydrogen-bond donors (Lipinski definition) is 2. The standard InChI is InChI=1S/C26H13FN2O3/c27-12-9-10-18-17(11-12)26(25(32)28-18)19-21(13-5-1-3-7-15(13)23(19)30)29-22-14-6-2-4-8-16(14)24(31)20(22)26/h1-11,29H,(H,28,32). The topological polar surface area (TPSA) is 75.3 Å². The zero-order valence-electron chi connectivity index (χ0n) is 16.5. The number of nitrogens with one attached hydrogen (secondary N) is 2. The van der Waals surface area contributed by atoms with Crippen LogP contribution in [0.1, 0.15) is 37.4 Å². The average Bonchev–Trinajstić information content (AvgIpc) is 3.37. The van der Waals surface area contributed by atoms with Crippen LogP contribution in [0.2, 0.25) is 0 Å². The molecular formula is C26H13FN2O3. The summed E-state index contributed by atoms with van der Waals surface area (Å²) in [7, 11) is 0. The second kappa shape index (κ2) is 5.48. The van der Waals surface area contributed by atoms with Crippen LogP contribution in [0.5, 0.6) is 0 Å². The van der Waals surface area contributed by atoms with Crippen molar-refractivity contribution >= 4 is 34.6 Å². The number of dihydropyridines is 1. The fraction of sp³-hybridized carbons (Fsp3) is 0.0385. The van der Waals surface area contributed by atoms with Crippen LogP contribution in [0, 0.1) is 5.82 Å².